The molecule has 1 aromatic rings. The van der Waals surface area contributed by atoms with Crippen molar-refractivity contribution in [3.63, 3.8) is 0 Å². The predicted molar refractivity (Wildman–Crippen MR) is 77.4 cm³/mol. The van der Waals surface area contributed by atoms with Crippen molar-refractivity contribution in [2.45, 2.75) is 30.8 Å². The third kappa shape index (κ3) is 1.74. The molecule has 0 bridgehead atoms. The van der Waals surface area contributed by atoms with Crippen LogP contribution in [0.2, 0.25) is 0 Å². The summed E-state index contributed by atoms with van der Waals surface area (Å²) >= 11 is 0. The summed E-state index contributed by atoms with van der Waals surface area (Å²) in [5.41, 5.74) is 7.44. The highest BCUT2D eigenvalue weighted by molar-refractivity contribution is 5.98. The second-order valence-corrected chi connectivity index (χ2v) is 6.02. The minimum atomic E-state index is 0.105. The van der Waals surface area contributed by atoms with Crippen molar-refractivity contribution >= 4 is 11.6 Å². The Hall–Kier alpha value is -1.55. The summed E-state index contributed by atoms with van der Waals surface area (Å²) in [5.74, 6) is 0.684. The molecule has 2 heterocycles. The van der Waals surface area contributed by atoms with E-state index in [-0.39, 0.29) is 5.54 Å². The maximum absolute atomic E-state index is 6.16. The first kappa shape index (κ1) is 11.3. The van der Waals surface area contributed by atoms with E-state index in [1.54, 1.807) is 0 Å². The summed E-state index contributed by atoms with van der Waals surface area (Å²) in [6.07, 6.45) is 3.91. The number of benzene rings is 1. The Bertz CT molecular complexity index is 508. The largest absolute Gasteiger partial charge is 0.369 e. The zero-order valence-corrected chi connectivity index (χ0v) is 11.1. The first-order chi connectivity index (χ1) is 9.28. The van der Waals surface area contributed by atoms with Crippen LogP contribution in [0.4, 0.5) is 5.69 Å². The lowest BCUT2D eigenvalue weighted by atomic mass is 9.97. The molecule has 1 atom stereocenters. The molecule has 4 nitrogen and oxygen atoms in total. The highest BCUT2D eigenvalue weighted by atomic mass is 15.4. The first-order valence-electron chi connectivity index (χ1n) is 7.18. The van der Waals surface area contributed by atoms with Crippen molar-refractivity contribution in [2.75, 3.05) is 24.5 Å². The highest BCUT2D eigenvalue weighted by Gasteiger charge is 2.50. The van der Waals surface area contributed by atoms with Gasteiger partial charge in [0.15, 0.2) is 5.96 Å². The summed E-state index contributed by atoms with van der Waals surface area (Å²) in [5, 5.41) is 0. The molecule has 4 heteroatoms. The average molecular weight is 256 g/mol. The van der Waals surface area contributed by atoms with Gasteiger partial charge in [-0.3, -0.25) is 9.89 Å². The van der Waals surface area contributed by atoms with E-state index in [0.717, 1.165) is 19.1 Å². The van der Waals surface area contributed by atoms with E-state index in [1.807, 2.05) is 6.07 Å². The van der Waals surface area contributed by atoms with Gasteiger partial charge in [0.25, 0.3) is 0 Å². The van der Waals surface area contributed by atoms with Gasteiger partial charge in [-0.15, -0.1) is 0 Å². The number of hydrogen-bond acceptors (Lipinski definition) is 4. The molecule has 3 aliphatic rings. The summed E-state index contributed by atoms with van der Waals surface area (Å²) in [6, 6.07) is 11.3. The molecule has 0 amide bonds. The molecule has 19 heavy (non-hydrogen) atoms. The fourth-order valence-corrected chi connectivity index (χ4v) is 3.55. The van der Waals surface area contributed by atoms with Gasteiger partial charge in [-0.1, -0.05) is 18.2 Å². The maximum atomic E-state index is 6.16. The second-order valence-electron chi connectivity index (χ2n) is 6.02. The molecule has 1 saturated carbocycles. The van der Waals surface area contributed by atoms with Crippen LogP contribution in [0.3, 0.4) is 0 Å². The Morgan fingerprint density at radius 2 is 2.00 bits per heavy atom. The number of rotatable bonds is 2. The normalized spacial score (nSPS) is 31.2. The lowest BCUT2D eigenvalue weighted by Gasteiger charge is -2.36. The third-order valence-electron chi connectivity index (χ3n) is 4.68. The molecule has 2 fully saturated rings. The molecule has 1 aromatic carbocycles. The van der Waals surface area contributed by atoms with Gasteiger partial charge in [-0.05, 0) is 31.4 Å². The van der Waals surface area contributed by atoms with Crippen LogP contribution in [-0.4, -0.2) is 42.1 Å². The van der Waals surface area contributed by atoms with Gasteiger partial charge < -0.3 is 10.6 Å². The molecule has 100 valence electrons. The average Bonchev–Trinajstić information content (AvgIpc) is 3.13. The molecule has 0 aromatic heterocycles. The van der Waals surface area contributed by atoms with Crippen LogP contribution >= 0.6 is 0 Å². The van der Waals surface area contributed by atoms with Gasteiger partial charge in [0.1, 0.15) is 0 Å². The highest BCUT2D eigenvalue weighted by Crippen LogP contribution is 2.40. The predicted octanol–water partition coefficient (Wildman–Crippen LogP) is 1.43. The Morgan fingerprint density at radius 3 is 2.74 bits per heavy atom. The molecule has 2 aliphatic heterocycles. The van der Waals surface area contributed by atoms with Crippen LogP contribution in [0.5, 0.6) is 0 Å². The van der Waals surface area contributed by atoms with Gasteiger partial charge >= 0.3 is 0 Å². The molecular formula is C15H20N4. The standard InChI is InChI=1S/C15H20N4/c16-14-17-10-15(8-9-18(11-15)12-6-7-12)19(14)13-4-2-1-3-5-13/h1-5,12H,6-11H2,(H2,16,17). The number of nitrogens with zero attached hydrogens (tertiary/aromatic N) is 3. The topological polar surface area (TPSA) is 44.9 Å². The molecule has 0 radical (unpaired) electrons. The maximum Gasteiger partial charge on any atom is 0.196 e. The first-order valence-corrected chi connectivity index (χ1v) is 7.18. The van der Waals surface area contributed by atoms with Gasteiger partial charge in [-0.25, -0.2) is 0 Å². The van der Waals surface area contributed by atoms with E-state index in [2.05, 4.69) is 39.1 Å². The summed E-state index contributed by atoms with van der Waals surface area (Å²) in [4.78, 5) is 9.44. The third-order valence-corrected chi connectivity index (χ3v) is 4.68. The minimum absolute atomic E-state index is 0.105. The Labute approximate surface area is 113 Å². The summed E-state index contributed by atoms with van der Waals surface area (Å²) < 4.78 is 0. The number of anilines is 1. The summed E-state index contributed by atoms with van der Waals surface area (Å²) in [6.45, 7) is 3.14. The van der Waals surface area contributed by atoms with Gasteiger partial charge in [-0.2, -0.15) is 0 Å². The van der Waals surface area contributed by atoms with E-state index >= 15 is 0 Å². The number of guanidine groups is 1. The van der Waals surface area contributed by atoms with E-state index in [1.165, 1.54) is 31.5 Å². The molecule has 4 rings (SSSR count). The van der Waals surface area contributed by atoms with E-state index in [4.69, 9.17) is 5.73 Å². The van der Waals surface area contributed by atoms with Crippen molar-refractivity contribution in [3.05, 3.63) is 30.3 Å². The molecule has 1 spiro atoms. The number of para-hydroxylation sites is 1. The van der Waals surface area contributed by atoms with Crippen molar-refractivity contribution in [2.24, 2.45) is 10.7 Å². The van der Waals surface area contributed by atoms with Crippen LogP contribution < -0.4 is 10.6 Å². The fraction of sp³-hybridized carbons (Fsp3) is 0.533. The molecule has 2 N–H and O–H groups in total. The number of aliphatic imine (C=N–C) groups is 1. The second kappa shape index (κ2) is 3.97. The summed E-state index contributed by atoms with van der Waals surface area (Å²) in [7, 11) is 0. The lowest BCUT2D eigenvalue weighted by molar-refractivity contribution is 0.306. The Kier molecular flexibility index (Phi) is 2.36. The van der Waals surface area contributed by atoms with Gasteiger partial charge in [0.05, 0.1) is 12.1 Å². The van der Waals surface area contributed by atoms with Crippen LogP contribution in [0.15, 0.2) is 35.3 Å². The monoisotopic (exact) mass is 256 g/mol. The van der Waals surface area contributed by atoms with Gasteiger partial charge in [0.2, 0.25) is 0 Å². The number of likely N-dealkylation sites (tertiary alicyclic amines) is 1. The van der Waals surface area contributed by atoms with E-state index in [9.17, 15) is 0 Å². The van der Waals surface area contributed by atoms with E-state index < -0.39 is 0 Å². The van der Waals surface area contributed by atoms with Crippen molar-refractivity contribution in [1.29, 1.82) is 0 Å². The Morgan fingerprint density at radius 1 is 1.21 bits per heavy atom. The van der Waals surface area contributed by atoms with Crippen LogP contribution in [-0.2, 0) is 0 Å². The lowest BCUT2D eigenvalue weighted by Crippen LogP contribution is -2.53. The zero-order valence-electron chi connectivity index (χ0n) is 11.1. The number of hydrogen-bond donors (Lipinski definition) is 1. The van der Waals surface area contributed by atoms with Crippen molar-refractivity contribution in [3.8, 4) is 0 Å². The zero-order chi connectivity index (χ0) is 12.9. The van der Waals surface area contributed by atoms with Crippen molar-refractivity contribution < 1.29 is 0 Å². The van der Waals surface area contributed by atoms with Crippen LogP contribution in [0.1, 0.15) is 19.3 Å². The number of nitrogens with two attached hydrogens (primary N) is 1. The van der Waals surface area contributed by atoms with Gasteiger partial charge in [0, 0.05) is 24.8 Å². The van der Waals surface area contributed by atoms with Crippen LogP contribution in [0.25, 0.3) is 0 Å². The smallest absolute Gasteiger partial charge is 0.196 e. The quantitative estimate of drug-likeness (QED) is 0.870. The molecule has 1 aliphatic carbocycles. The molecule has 1 saturated heterocycles. The van der Waals surface area contributed by atoms with Crippen molar-refractivity contribution in [1.82, 2.24) is 4.90 Å². The molecule has 1 unspecified atom stereocenters. The SMILES string of the molecule is NC1=NCC2(CCN(C3CC3)C2)N1c1ccccc1. The van der Waals surface area contributed by atoms with Crippen LogP contribution in [0, 0.1) is 0 Å². The Balaban J connectivity index is 1.65. The van der Waals surface area contributed by atoms with E-state index in [0.29, 0.717) is 5.96 Å². The molecular weight excluding hydrogens is 236 g/mol. The minimum Gasteiger partial charge on any atom is -0.369 e. The fourth-order valence-electron chi connectivity index (χ4n) is 3.55.